The minimum absolute atomic E-state index is 0.249. The summed E-state index contributed by atoms with van der Waals surface area (Å²) >= 11 is 0. The molecule has 0 fully saturated rings. The van der Waals surface area contributed by atoms with E-state index in [1.165, 1.54) is 0 Å². The monoisotopic (exact) mass is 226 g/mol. The lowest BCUT2D eigenvalue weighted by molar-refractivity contribution is 0.0699. The Morgan fingerprint density at radius 1 is 1.41 bits per heavy atom. The maximum Gasteiger partial charge on any atom is 0.336 e. The van der Waals surface area contributed by atoms with E-state index in [0.717, 1.165) is 0 Å². The lowest BCUT2D eigenvalue weighted by Crippen LogP contribution is -2.02. The highest BCUT2D eigenvalue weighted by molar-refractivity contribution is 6.02. The van der Waals surface area contributed by atoms with Crippen LogP contribution in [0.25, 0.3) is 10.9 Å². The van der Waals surface area contributed by atoms with Crippen LogP contribution < -0.4 is 5.32 Å². The minimum Gasteiger partial charge on any atom is -0.478 e. The predicted octanol–water partition coefficient (Wildman–Crippen LogP) is 1.98. The van der Waals surface area contributed by atoms with Crippen LogP contribution in [-0.2, 0) is 0 Å². The van der Waals surface area contributed by atoms with Crippen molar-refractivity contribution in [2.24, 2.45) is 0 Å². The van der Waals surface area contributed by atoms with Gasteiger partial charge in [-0.15, -0.1) is 6.42 Å². The van der Waals surface area contributed by atoms with Crippen molar-refractivity contribution in [1.29, 1.82) is 0 Å². The molecule has 17 heavy (non-hydrogen) atoms. The van der Waals surface area contributed by atoms with Crippen LogP contribution in [0.2, 0.25) is 0 Å². The molecule has 1 heterocycles. The molecule has 4 heteroatoms. The molecule has 0 aliphatic carbocycles. The number of anilines is 1. The highest BCUT2D eigenvalue weighted by atomic mass is 16.4. The van der Waals surface area contributed by atoms with Crippen LogP contribution in [0.4, 0.5) is 5.82 Å². The Morgan fingerprint density at radius 3 is 2.94 bits per heavy atom. The van der Waals surface area contributed by atoms with Crippen LogP contribution in [0.3, 0.4) is 0 Å². The third kappa shape index (κ3) is 2.18. The van der Waals surface area contributed by atoms with E-state index in [9.17, 15) is 4.79 Å². The molecule has 0 saturated carbocycles. The fraction of sp³-hybridized carbons (Fsp3) is 0.0769. The molecule has 0 aliphatic heterocycles. The number of aromatic nitrogens is 1. The number of hydrogen-bond donors (Lipinski definition) is 2. The number of pyridine rings is 1. The van der Waals surface area contributed by atoms with E-state index in [1.54, 1.807) is 30.3 Å². The van der Waals surface area contributed by atoms with Crippen molar-refractivity contribution in [1.82, 2.24) is 4.98 Å². The summed E-state index contributed by atoms with van der Waals surface area (Å²) in [5, 5.41) is 12.6. The highest BCUT2D eigenvalue weighted by Gasteiger charge is 2.08. The molecule has 1 aromatic heterocycles. The Hall–Kier alpha value is -2.54. The van der Waals surface area contributed by atoms with E-state index < -0.39 is 5.97 Å². The van der Waals surface area contributed by atoms with Gasteiger partial charge in [-0.2, -0.15) is 0 Å². The van der Waals surface area contributed by atoms with Gasteiger partial charge in [-0.05, 0) is 24.3 Å². The molecule has 2 N–H and O–H groups in total. The van der Waals surface area contributed by atoms with Crippen LogP contribution in [0.15, 0.2) is 30.3 Å². The summed E-state index contributed by atoms with van der Waals surface area (Å²) in [6.45, 7) is 0.386. The minimum atomic E-state index is -0.957. The Balaban J connectivity index is 2.50. The zero-order valence-electron chi connectivity index (χ0n) is 8.97. The molecular weight excluding hydrogens is 216 g/mol. The molecule has 0 spiro atoms. The highest BCUT2D eigenvalue weighted by Crippen LogP contribution is 2.19. The van der Waals surface area contributed by atoms with E-state index in [4.69, 9.17) is 11.5 Å². The van der Waals surface area contributed by atoms with Gasteiger partial charge in [-0.25, -0.2) is 9.78 Å². The van der Waals surface area contributed by atoms with Crippen LogP contribution in [0, 0.1) is 12.3 Å². The second-order valence-electron chi connectivity index (χ2n) is 3.43. The number of rotatable bonds is 3. The fourth-order valence-electron chi connectivity index (χ4n) is 1.58. The van der Waals surface area contributed by atoms with Crippen molar-refractivity contribution < 1.29 is 9.90 Å². The van der Waals surface area contributed by atoms with Crippen LogP contribution in [0.1, 0.15) is 10.4 Å². The average molecular weight is 226 g/mol. The number of benzene rings is 1. The number of hydrogen-bond acceptors (Lipinski definition) is 3. The summed E-state index contributed by atoms with van der Waals surface area (Å²) in [7, 11) is 0. The smallest absolute Gasteiger partial charge is 0.336 e. The number of carboxylic acid groups (broad SMARTS) is 1. The molecule has 0 bridgehead atoms. The predicted molar refractivity (Wildman–Crippen MR) is 66.0 cm³/mol. The van der Waals surface area contributed by atoms with Gasteiger partial charge in [0.25, 0.3) is 0 Å². The van der Waals surface area contributed by atoms with Crippen molar-refractivity contribution in [2.75, 3.05) is 11.9 Å². The molecule has 0 saturated heterocycles. The molecule has 0 amide bonds. The molecular formula is C13H10N2O2. The first-order valence-electron chi connectivity index (χ1n) is 5.03. The Labute approximate surface area is 98.3 Å². The van der Waals surface area contributed by atoms with Crippen LogP contribution in [-0.4, -0.2) is 22.6 Å². The summed E-state index contributed by atoms with van der Waals surface area (Å²) in [5.41, 5.74) is 0.880. The van der Waals surface area contributed by atoms with Crippen molar-refractivity contribution >= 4 is 22.7 Å². The van der Waals surface area contributed by atoms with E-state index in [0.29, 0.717) is 23.3 Å². The lowest BCUT2D eigenvalue weighted by Gasteiger charge is -2.05. The van der Waals surface area contributed by atoms with Gasteiger partial charge >= 0.3 is 5.97 Å². The van der Waals surface area contributed by atoms with Gasteiger partial charge < -0.3 is 10.4 Å². The van der Waals surface area contributed by atoms with Gasteiger partial charge in [0.05, 0.1) is 17.6 Å². The van der Waals surface area contributed by atoms with Gasteiger partial charge in [0, 0.05) is 5.39 Å². The number of carbonyl (C=O) groups is 1. The molecule has 84 valence electrons. The average Bonchev–Trinajstić information content (AvgIpc) is 2.35. The number of carboxylic acids is 1. The third-order valence-electron chi connectivity index (χ3n) is 2.33. The summed E-state index contributed by atoms with van der Waals surface area (Å²) in [6, 6.07) is 8.43. The quantitative estimate of drug-likeness (QED) is 0.785. The SMILES string of the molecule is C#CCNc1ccc2c(C(=O)O)cccc2n1. The molecule has 4 nitrogen and oxygen atoms in total. The number of nitrogens with one attached hydrogen (secondary N) is 1. The number of nitrogens with zero attached hydrogens (tertiary/aromatic N) is 1. The first-order chi connectivity index (χ1) is 8.22. The first kappa shape index (κ1) is 11.0. The largest absolute Gasteiger partial charge is 0.478 e. The van der Waals surface area contributed by atoms with Crippen molar-refractivity contribution in [3.8, 4) is 12.3 Å². The van der Waals surface area contributed by atoms with E-state index >= 15 is 0 Å². The number of terminal acetylenes is 1. The topological polar surface area (TPSA) is 62.2 Å². The van der Waals surface area contributed by atoms with E-state index in [1.807, 2.05) is 0 Å². The summed E-state index contributed by atoms with van der Waals surface area (Å²) in [5.74, 6) is 2.13. The third-order valence-corrected chi connectivity index (χ3v) is 2.33. The fourth-order valence-corrected chi connectivity index (χ4v) is 1.58. The second kappa shape index (κ2) is 4.54. The maximum absolute atomic E-state index is 11.0. The normalized spacial score (nSPS) is 9.82. The maximum atomic E-state index is 11.0. The second-order valence-corrected chi connectivity index (χ2v) is 3.43. The Bertz CT molecular complexity index is 614. The standard InChI is InChI=1S/C13H10N2O2/c1-2-8-14-12-7-6-9-10(13(16)17)4-3-5-11(9)15-12/h1,3-7H,8H2,(H,14,15)(H,16,17). The molecule has 0 radical (unpaired) electrons. The first-order valence-corrected chi connectivity index (χ1v) is 5.03. The zero-order chi connectivity index (χ0) is 12.3. The van der Waals surface area contributed by atoms with Crippen LogP contribution >= 0.6 is 0 Å². The number of aromatic carboxylic acids is 1. The Morgan fingerprint density at radius 2 is 2.24 bits per heavy atom. The molecule has 1 aromatic carbocycles. The van der Waals surface area contributed by atoms with Gasteiger partial charge in [-0.3, -0.25) is 0 Å². The molecule has 0 atom stereocenters. The van der Waals surface area contributed by atoms with E-state index in [2.05, 4.69) is 16.2 Å². The van der Waals surface area contributed by atoms with Gasteiger partial charge in [0.1, 0.15) is 5.82 Å². The molecule has 2 rings (SSSR count). The summed E-state index contributed by atoms with van der Waals surface area (Å²) in [4.78, 5) is 15.3. The van der Waals surface area contributed by atoms with Crippen molar-refractivity contribution in [3.05, 3.63) is 35.9 Å². The molecule has 0 unspecified atom stereocenters. The molecule has 2 aromatic rings. The molecule has 0 aliphatic rings. The lowest BCUT2D eigenvalue weighted by atomic mass is 10.1. The Kier molecular flexibility index (Phi) is 2.93. The van der Waals surface area contributed by atoms with Gasteiger partial charge in [0.15, 0.2) is 0 Å². The van der Waals surface area contributed by atoms with Gasteiger partial charge in [-0.1, -0.05) is 12.0 Å². The number of fused-ring (bicyclic) bond motifs is 1. The van der Waals surface area contributed by atoms with Crippen molar-refractivity contribution in [3.63, 3.8) is 0 Å². The van der Waals surface area contributed by atoms with E-state index in [-0.39, 0.29) is 5.56 Å². The summed E-state index contributed by atoms with van der Waals surface area (Å²) in [6.07, 6.45) is 5.13. The van der Waals surface area contributed by atoms with Crippen molar-refractivity contribution in [2.45, 2.75) is 0 Å². The zero-order valence-corrected chi connectivity index (χ0v) is 8.97. The van der Waals surface area contributed by atoms with Gasteiger partial charge in [0.2, 0.25) is 0 Å². The van der Waals surface area contributed by atoms with Crippen LogP contribution in [0.5, 0.6) is 0 Å². The summed E-state index contributed by atoms with van der Waals surface area (Å²) < 4.78 is 0.